The number of hydrogen-bond donors (Lipinski definition) is 2. The summed E-state index contributed by atoms with van der Waals surface area (Å²) in [7, 11) is -3.94. The van der Waals surface area contributed by atoms with E-state index in [1.807, 2.05) is 0 Å². The average molecular weight is 379 g/mol. The standard InChI is InChI=1S/C16H17N3O6S/c20-14-4-1-12(2-5-14)17-15-6-3-13(19(21)22)11-16(15)26(23,24)18-7-9-25-10-8-18/h1-6,11,17,20H,7-10H2. The van der Waals surface area contributed by atoms with Gasteiger partial charge in [-0.2, -0.15) is 4.31 Å². The molecule has 2 aromatic rings. The Kier molecular flexibility index (Phi) is 5.07. The zero-order chi connectivity index (χ0) is 18.7. The van der Waals surface area contributed by atoms with E-state index in [4.69, 9.17) is 4.74 Å². The van der Waals surface area contributed by atoms with E-state index in [2.05, 4.69) is 5.32 Å². The lowest BCUT2D eigenvalue weighted by Crippen LogP contribution is -2.40. The highest BCUT2D eigenvalue weighted by Gasteiger charge is 2.30. The van der Waals surface area contributed by atoms with Crippen LogP contribution in [-0.2, 0) is 14.8 Å². The van der Waals surface area contributed by atoms with Crippen molar-refractivity contribution >= 4 is 27.1 Å². The van der Waals surface area contributed by atoms with Gasteiger partial charge in [-0.25, -0.2) is 8.42 Å². The Morgan fingerprint density at radius 1 is 1.12 bits per heavy atom. The predicted molar refractivity (Wildman–Crippen MR) is 94.1 cm³/mol. The Labute approximate surface area is 150 Å². The van der Waals surface area contributed by atoms with Crippen LogP contribution in [0.5, 0.6) is 5.75 Å². The van der Waals surface area contributed by atoms with E-state index in [0.29, 0.717) is 5.69 Å². The number of benzene rings is 2. The van der Waals surface area contributed by atoms with E-state index in [1.54, 1.807) is 12.1 Å². The number of nitrogens with one attached hydrogen (secondary N) is 1. The molecule has 0 amide bonds. The Hall–Kier alpha value is -2.69. The van der Waals surface area contributed by atoms with Gasteiger partial charge >= 0.3 is 0 Å². The Morgan fingerprint density at radius 3 is 2.38 bits per heavy atom. The van der Waals surface area contributed by atoms with Gasteiger partial charge in [-0.05, 0) is 30.3 Å². The zero-order valence-electron chi connectivity index (χ0n) is 13.7. The van der Waals surface area contributed by atoms with Crippen molar-refractivity contribution in [3.63, 3.8) is 0 Å². The van der Waals surface area contributed by atoms with Gasteiger partial charge in [0.1, 0.15) is 10.6 Å². The highest BCUT2D eigenvalue weighted by molar-refractivity contribution is 7.89. The number of morpholine rings is 1. The van der Waals surface area contributed by atoms with E-state index < -0.39 is 14.9 Å². The van der Waals surface area contributed by atoms with Gasteiger partial charge in [-0.15, -0.1) is 0 Å². The molecule has 2 N–H and O–H groups in total. The van der Waals surface area contributed by atoms with Crippen LogP contribution in [0.3, 0.4) is 0 Å². The highest BCUT2D eigenvalue weighted by atomic mass is 32.2. The second-order valence-electron chi connectivity index (χ2n) is 5.63. The van der Waals surface area contributed by atoms with Crippen LogP contribution in [0.1, 0.15) is 0 Å². The van der Waals surface area contributed by atoms with Crippen LogP contribution in [0, 0.1) is 10.1 Å². The molecule has 0 atom stereocenters. The first kappa shape index (κ1) is 18.1. The number of phenols is 1. The molecule has 1 aliphatic rings. The molecule has 9 nitrogen and oxygen atoms in total. The maximum atomic E-state index is 13.0. The fourth-order valence-electron chi connectivity index (χ4n) is 2.57. The predicted octanol–water partition coefficient (Wildman–Crippen LogP) is 2.06. The largest absolute Gasteiger partial charge is 0.508 e. The first-order chi connectivity index (χ1) is 12.4. The van der Waals surface area contributed by atoms with Gasteiger partial charge in [0.2, 0.25) is 10.0 Å². The van der Waals surface area contributed by atoms with Crippen LogP contribution < -0.4 is 5.32 Å². The maximum Gasteiger partial charge on any atom is 0.270 e. The summed E-state index contributed by atoms with van der Waals surface area (Å²) in [6.45, 7) is 0.914. The quantitative estimate of drug-likeness (QED) is 0.463. The SMILES string of the molecule is O=[N+]([O-])c1ccc(Nc2ccc(O)cc2)c(S(=O)(=O)N2CCOCC2)c1. The van der Waals surface area contributed by atoms with Gasteiger partial charge in [0.25, 0.3) is 5.69 Å². The van der Waals surface area contributed by atoms with Crippen molar-refractivity contribution in [2.75, 3.05) is 31.6 Å². The van der Waals surface area contributed by atoms with Crippen LogP contribution in [0.25, 0.3) is 0 Å². The van der Waals surface area contributed by atoms with Crippen molar-refractivity contribution in [1.82, 2.24) is 4.31 Å². The van der Waals surface area contributed by atoms with Crippen molar-refractivity contribution in [2.24, 2.45) is 0 Å². The zero-order valence-corrected chi connectivity index (χ0v) is 14.5. The molecule has 0 spiro atoms. The first-order valence-electron chi connectivity index (χ1n) is 7.80. The molecule has 0 unspecified atom stereocenters. The lowest BCUT2D eigenvalue weighted by molar-refractivity contribution is -0.385. The molecule has 10 heteroatoms. The monoisotopic (exact) mass is 379 g/mol. The van der Waals surface area contributed by atoms with Gasteiger partial charge in [0.15, 0.2) is 0 Å². The molecule has 0 radical (unpaired) electrons. The summed E-state index contributed by atoms with van der Waals surface area (Å²) in [4.78, 5) is 10.3. The van der Waals surface area contributed by atoms with Crippen molar-refractivity contribution in [3.8, 4) is 5.75 Å². The summed E-state index contributed by atoms with van der Waals surface area (Å²) in [6, 6.07) is 9.68. The van der Waals surface area contributed by atoms with Gasteiger partial charge < -0.3 is 15.2 Å². The number of phenolic OH excluding ortho intramolecular Hbond substituents is 1. The molecule has 0 aromatic heterocycles. The third kappa shape index (κ3) is 3.77. The molecule has 2 aromatic carbocycles. The molecule has 3 rings (SSSR count). The number of nitro benzene ring substituents is 1. The number of sulfonamides is 1. The summed E-state index contributed by atoms with van der Waals surface area (Å²) in [6.07, 6.45) is 0. The van der Waals surface area contributed by atoms with Crippen LogP contribution in [-0.4, -0.2) is 49.1 Å². The van der Waals surface area contributed by atoms with E-state index >= 15 is 0 Å². The third-order valence-corrected chi connectivity index (χ3v) is 5.85. The molecule has 0 aliphatic carbocycles. The fraction of sp³-hybridized carbons (Fsp3) is 0.250. The summed E-state index contributed by atoms with van der Waals surface area (Å²) >= 11 is 0. The number of rotatable bonds is 5. The Balaban J connectivity index is 2.03. The van der Waals surface area contributed by atoms with Crippen molar-refractivity contribution in [1.29, 1.82) is 0 Å². The fourth-order valence-corrected chi connectivity index (χ4v) is 4.14. The van der Waals surface area contributed by atoms with Crippen LogP contribution in [0.4, 0.5) is 17.1 Å². The first-order valence-corrected chi connectivity index (χ1v) is 9.24. The van der Waals surface area contributed by atoms with Gasteiger partial charge in [-0.1, -0.05) is 0 Å². The number of aromatic hydroxyl groups is 1. The lowest BCUT2D eigenvalue weighted by Gasteiger charge is -2.27. The number of hydrogen-bond acceptors (Lipinski definition) is 7. The van der Waals surface area contributed by atoms with Gasteiger partial charge in [0, 0.05) is 30.9 Å². The number of ether oxygens (including phenoxy) is 1. The highest BCUT2D eigenvalue weighted by Crippen LogP contribution is 2.31. The van der Waals surface area contributed by atoms with Crippen LogP contribution >= 0.6 is 0 Å². The molecule has 1 heterocycles. The molecule has 26 heavy (non-hydrogen) atoms. The summed E-state index contributed by atoms with van der Waals surface area (Å²) in [5, 5.41) is 23.4. The van der Waals surface area contributed by atoms with Crippen LogP contribution in [0.15, 0.2) is 47.4 Å². The van der Waals surface area contributed by atoms with Crippen molar-refractivity contribution < 1.29 is 23.2 Å². The minimum absolute atomic E-state index is 0.0698. The van der Waals surface area contributed by atoms with Gasteiger partial charge in [-0.3, -0.25) is 10.1 Å². The number of nitrogens with zero attached hydrogens (tertiary/aromatic N) is 2. The minimum Gasteiger partial charge on any atom is -0.508 e. The van der Waals surface area contributed by atoms with Crippen molar-refractivity contribution in [3.05, 3.63) is 52.6 Å². The number of nitro groups is 1. The normalized spacial score (nSPS) is 15.5. The van der Waals surface area contributed by atoms with E-state index in [0.717, 1.165) is 6.07 Å². The summed E-state index contributed by atoms with van der Waals surface area (Å²) < 4.78 is 32.4. The smallest absolute Gasteiger partial charge is 0.270 e. The Morgan fingerprint density at radius 2 is 1.77 bits per heavy atom. The number of anilines is 2. The second kappa shape index (κ2) is 7.28. The van der Waals surface area contributed by atoms with Gasteiger partial charge in [0.05, 0.1) is 23.8 Å². The van der Waals surface area contributed by atoms with Crippen molar-refractivity contribution in [2.45, 2.75) is 4.90 Å². The molecule has 1 fully saturated rings. The summed E-state index contributed by atoms with van der Waals surface area (Å²) in [5.41, 5.74) is 0.441. The molecular formula is C16H17N3O6S. The molecule has 0 bridgehead atoms. The van der Waals surface area contributed by atoms with E-state index in [-0.39, 0.29) is 48.3 Å². The lowest BCUT2D eigenvalue weighted by atomic mass is 10.2. The molecule has 1 saturated heterocycles. The topological polar surface area (TPSA) is 122 Å². The maximum absolute atomic E-state index is 13.0. The molecule has 138 valence electrons. The van der Waals surface area contributed by atoms with Crippen LogP contribution in [0.2, 0.25) is 0 Å². The average Bonchev–Trinajstić information content (AvgIpc) is 2.64. The third-order valence-electron chi connectivity index (χ3n) is 3.91. The Bertz CT molecular complexity index is 908. The number of non-ortho nitro benzene ring substituents is 1. The molecular weight excluding hydrogens is 362 g/mol. The summed E-state index contributed by atoms with van der Waals surface area (Å²) in [5.74, 6) is 0.0698. The minimum atomic E-state index is -3.94. The molecule has 0 saturated carbocycles. The second-order valence-corrected chi connectivity index (χ2v) is 7.53. The van der Waals surface area contributed by atoms with E-state index in [9.17, 15) is 23.6 Å². The van der Waals surface area contributed by atoms with E-state index in [1.165, 1.54) is 28.6 Å². The molecule has 1 aliphatic heterocycles.